The third-order valence-electron chi connectivity index (χ3n) is 6.14. The topological polar surface area (TPSA) is 79.9 Å². The van der Waals surface area contributed by atoms with Crippen molar-refractivity contribution in [2.24, 2.45) is 0 Å². The largest absolute Gasteiger partial charge is 0.493 e. The van der Waals surface area contributed by atoms with Crippen LogP contribution in [0.3, 0.4) is 0 Å². The number of rotatable bonds is 6. The summed E-state index contributed by atoms with van der Waals surface area (Å²) in [4.78, 5) is 27.4. The van der Waals surface area contributed by atoms with Crippen molar-refractivity contribution < 1.29 is 19.1 Å². The molecule has 2 aliphatic heterocycles. The number of nitrogens with one attached hydrogen (secondary N) is 2. The molecule has 3 aromatic rings. The number of fused-ring (bicyclic) bond motifs is 2. The second kappa shape index (κ2) is 9.27. The molecule has 0 radical (unpaired) electrons. The van der Waals surface area contributed by atoms with Gasteiger partial charge in [-0.15, -0.1) is 0 Å². The number of nitrogens with zero attached hydrogens (tertiary/aromatic N) is 1. The number of methoxy groups -OCH3 is 1. The summed E-state index contributed by atoms with van der Waals surface area (Å²) in [6.07, 6.45) is 0.830. The maximum absolute atomic E-state index is 13.2. The second-order valence-electron chi connectivity index (χ2n) is 8.94. The quantitative estimate of drug-likeness (QED) is 0.412. The van der Waals surface area contributed by atoms with E-state index in [0.29, 0.717) is 29.1 Å². The van der Waals surface area contributed by atoms with Gasteiger partial charge in [0.1, 0.15) is 5.75 Å². The molecule has 178 valence electrons. The lowest BCUT2D eigenvalue weighted by Gasteiger charge is -2.16. The van der Waals surface area contributed by atoms with Gasteiger partial charge >= 0.3 is 5.97 Å². The van der Waals surface area contributed by atoms with Gasteiger partial charge in [0.25, 0.3) is 5.91 Å². The van der Waals surface area contributed by atoms with E-state index in [1.54, 1.807) is 18.2 Å². The predicted molar refractivity (Wildman–Crippen MR) is 136 cm³/mol. The second-order valence-corrected chi connectivity index (χ2v) is 8.94. The van der Waals surface area contributed by atoms with Crippen LogP contribution < -0.4 is 15.4 Å². The smallest absolute Gasteiger partial charge is 0.337 e. The number of carbonyl (C=O) groups is 2. The van der Waals surface area contributed by atoms with E-state index in [1.165, 1.54) is 12.7 Å². The molecule has 0 unspecified atom stereocenters. The van der Waals surface area contributed by atoms with Crippen molar-refractivity contribution in [3.63, 3.8) is 0 Å². The summed E-state index contributed by atoms with van der Waals surface area (Å²) in [6, 6.07) is 19.3. The fraction of sp³-hybridized carbons (Fsp3) is 0.214. The van der Waals surface area contributed by atoms with Crippen LogP contribution in [0.25, 0.3) is 11.3 Å². The number of amides is 1. The molecule has 7 nitrogen and oxygen atoms in total. The molecule has 0 saturated carbocycles. The minimum atomic E-state index is -0.450. The van der Waals surface area contributed by atoms with Crippen molar-refractivity contribution >= 4 is 34.5 Å². The first-order chi connectivity index (χ1) is 16.9. The van der Waals surface area contributed by atoms with Gasteiger partial charge in [0.2, 0.25) is 0 Å². The molecular formula is C28H27N3O4. The van der Waals surface area contributed by atoms with Gasteiger partial charge < -0.3 is 25.0 Å². The number of hydrogen-bond donors (Lipinski definition) is 2. The lowest BCUT2D eigenvalue weighted by Crippen LogP contribution is -2.11. The molecule has 0 fully saturated rings. The summed E-state index contributed by atoms with van der Waals surface area (Å²) in [5.74, 6) is 0.199. The highest BCUT2D eigenvalue weighted by molar-refractivity contribution is 6.37. The van der Waals surface area contributed by atoms with Crippen LogP contribution in [-0.4, -0.2) is 44.6 Å². The van der Waals surface area contributed by atoms with Crippen molar-refractivity contribution in [1.82, 2.24) is 4.90 Å². The third kappa shape index (κ3) is 4.50. The molecule has 2 N–H and O–H groups in total. The number of esters is 1. The summed E-state index contributed by atoms with van der Waals surface area (Å²) in [7, 11) is 5.41. The monoisotopic (exact) mass is 469 g/mol. The van der Waals surface area contributed by atoms with E-state index in [9.17, 15) is 9.59 Å². The Hall–Kier alpha value is -4.10. The summed E-state index contributed by atoms with van der Waals surface area (Å²) in [5.41, 5.74) is 6.99. The van der Waals surface area contributed by atoms with Crippen molar-refractivity contribution in [3.05, 3.63) is 88.5 Å². The zero-order chi connectivity index (χ0) is 24.5. The van der Waals surface area contributed by atoms with E-state index >= 15 is 0 Å². The fourth-order valence-electron chi connectivity index (χ4n) is 4.49. The van der Waals surface area contributed by atoms with Gasteiger partial charge in [-0.05, 0) is 73.3 Å². The van der Waals surface area contributed by atoms with Crippen LogP contribution in [0.4, 0.5) is 11.4 Å². The van der Waals surface area contributed by atoms with Gasteiger partial charge in [0, 0.05) is 24.2 Å². The molecule has 0 spiro atoms. The molecule has 1 amide bonds. The molecule has 0 saturated heterocycles. The molecule has 5 rings (SSSR count). The molecule has 7 heteroatoms. The van der Waals surface area contributed by atoms with Crippen LogP contribution in [0.5, 0.6) is 5.75 Å². The summed E-state index contributed by atoms with van der Waals surface area (Å²) in [6.45, 7) is 1.50. The van der Waals surface area contributed by atoms with Crippen LogP contribution in [-0.2, 0) is 22.5 Å². The van der Waals surface area contributed by atoms with E-state index in [4.69, 9.17) is 9.47 Å². The molecule has 2 heterocycles. The van der Waals surface area contributed by atoms with Crippen molar-refractivity contribution in [1.29, 1.82) is 0 Å². The van der Waals surface area contributed by atoms with E-state index < -0.39 is 5.97 Å². The van der Waals surface area contributed by atoms with Gasteiger partial charge in [-0.1, -0.05) is 18.2 Å². The number of hydrogen-bond acceptors (Lipinski definition) is 6. The predicted octanol–water partition coefficient (Wildman–Crippen LogP) is 4.40. The standard InChI is InChI=1S/C28H27N3O4/c1-31(2)16-17-4-8-21(9-5-17)29-26(19-7-11-24-18(14-19)12-13-35-24)25-22-10-6-20(28(33)34-3)15-23(22)30-27(25)32/h4-11,14-15,29H,12-13,16H2,1-3H3,(H,30,32)/b26-25-. The van der Waals surface area contributed by atoms with Crippen LogP contribution >= 0.6 is 0 Å². The molecule has 35 heavy (non-hydrogen) atoms. The van der Waals surface area contributed by atoms with Crippen molar-refractivity contribution in [2.75, 3.05) is 38.4 Å². The van der Waals surface area contributed by atoms with E-state index in [2.05, 4.69) is 33.7 Å². The number of ether oxygens (including phenoxy) is 2. The van der Waals surface area contributed by atoms with Crippen molar-refractivity contribution in [2.45, 2.75) is 13.0 Å². The first-order valence-corrected chi connectivity index (χ1v) is 11.5. The summed E-state index contributed by atoms with van der Waals surface area (Å²) >= 11 is 0. The lowest BCUT2D eigenvalue weighted by molar-refractivity contribution is -0.110. The number of anilines is 2. The van der Waals surface area contributed by atoms with Gasteiger partial charge in [-0.3, -0.25) is 4.79 Å². The van der Waals surface area contributed by atoms with E-state index in [0.717, 1.165) is 41.1 Å². The highest BCUT2D eigenvalue weighted by Gasteiger charge is 2.30. The Bertz CT molecular complexity index is 1340. The summed E-state index contributed by atoms with van der Waals surface area (Å²) in [5, 5.41) is 6.41. The molecular weight excluding hydrogens is 442 g/mol. The highest BCUT2D eigenvalue weighted by Crippen LogP contribution is 2.39. The average molecular weight is 470 g/mol. The molecule has 0 bridgehead atoms. The normalized spacial score (nSPS) is 15.3. The Morgan fingerprint density at radius 2 is 1.83 bits per heavy atom. The van der Waals surface area contributed by atoms with Gasteiger partial charge in [0.05, 0.1) is 36.2 Å². The zero-order valence-corrected chi connectivity index (χ0v) is 20.0. The van der Waals surface area contributed by atoms with Gasteiger partial charge in [-0.25, -0.2) is 4.79 Å². The van der Waals surface area contributed by atoms with E-state index in [1.807, 2.05) is 38.4 Å². The van der Waals surface area contributed by atoms with E-state index in [-0.39, 0.29) is 5.91 Å². The Morgan fingerprint density at radius 1 is 1.06 bits per heavy atom. The minimum Gasteiger partial charge on any atom is -0.493 e. The van der Waals surface area contributed by atoms with Gasteiger partial charge in [-0.2, -0.15) is 0 Å². The molecule has 3 aromatic carbocycles. The number of carbonyl (C=O) groups excluding carboxylic acids is 2. The molecule has 0 atom stereocenters. The van der Waals surface area contributed by atoms with Crippen LogP contribution in [0, 0.1) is 0 Å². The highest BCUT2D eigenvalue weighted by atomic mass is 16.5. The van der Waals surface area contributed by atoms with Crippen LogP contribution in [0.1, 0.15) is 32.6 Å². The fourth-order valence-corrected chi connectivity index (χ4v) is 4.49. The molecule has 0 aromatic heterocycles. The third-order valence-corrected chi connectivity index (χ3v) is 6.14. The zero-order valence-electron chi connectivity index (χ0n) is 20.0. The summed E-state index contributed by atoms with van der Waals surface area (Å²) < 4.78 is 10.5. The SMILES string of the molecule is COC(=O)c1ccc2c(c1)NC(=O)/C2=C(\Nc1ccc(CN(C)C)cc1)c1ccc2c(c1)CCO2. The maximum Gasteiger partial charge on any atom is 0.337 e. The lowest BCUT2D eigenvalue weighted by atomic mass is 9.97. The Morgan fingerprint density at radius 3 is 2.57 bits per heavy atom. The van der Waals surface area contributed by atoms with Crippen LogP contribution in [0.15, 0.2) is 60.7 Å². The molecule has 2 aliphatic rings. The minimum absolute atomic E-state index is 0.231. The first kappa shape index (κ1) is 22.7. The Kier molecular flexibility index (Phi) is 6.01. The Balaban J connectivity index is 1.60. The molecule has 0 aliphatic carbocycles. The number of benzene rings is 3. The Labute approximate surface area is 204 Å². The van der Waals surface area contributed by atoms with Gasteiger partial charge in [0.15, 0.2) is 0 Å². The first-order valence-electron chi connectivity index (χ1n) is 11.5. The average Bonchev–Trinajstić information content (AvgIpc) is 3.45. The maximum atomic E-state index is 13.2. The van der Waals surface area contributed by atoms with Crippen LogP contribution in [0.2, 0.25) is 0 Å². The van der Waals surface area contributed by atoms with Crippen molar-refractivity contribution in [3.8, 4) is 5.75 Å².